The lowest BCUT2D eigenvalue weighted by Crippen LogP contribution is -2.44. The summed E-state index contributed by atoms with van der Waals surface area (Å²) in [5, 5.41) is 11.8. The predicted octanol–water partition coefficient (Wildman–Crippen LogP) is 19.8. The molecule has 0 aromatic rings. The molecule has 2 atom stereocenters. The summed E-state index contributed by atoms with van der Waals surface area (Å²) in [5.74, 6) is -2.29. The monoisotopic (exact) mass is 1140 g/mol. The van der Waals surface area contributed by atoms with Gasteiger partial charge < -0.3 is 33.3 Å². The number of aliphatic carboxylic acids is 1. The van der Waals surface area contributed by atoms with Gasteiger partial charge in [0.25, 0.3) is 0 Å². The third-order valence-electron chi connectivity index (χ3n) is 15.2. The first kappa shape index (κ1) is 78.0. The van der Waals surface area contributed by atoms with Gasteiger partial charge in [-0.1, -0.05) is 286 Å². The van der Waals surface area contributed by atoms with E-state index in [1.165, 1.54) is 212 Å². The normalized spacial score (nSPS) is 13.0. The van der Waals surface area contributed by atoms with E-state index < -0.39 is 24.3 Å². The molecule has 0 aromatic carbocycles. The molecule has 9 heteroatoms. The van der Waals surface area contributed by atoms with E-state index in [9.17, 15) is 19.5 Å². The molecule has 0 aliphatic heterocycles. The molecular formula is C72H131NO8. The molecule has 0 radical (unpaired) electrons. The second-order valence-corrected chi connectivity index (χ2v) is 24.5. The van der Waals surface area contributed by atoms with Gasteiger partial charge in [-0.15, -0.1) is 0 Å². The molecule has 0 spiro atoms. The highest BCUT2D eigenvalue weighted by Gasteiger charge is 2.22. The molecule has 2 unspecified atom stereocenters. The van der Waals surface area contributed by atoms with Gasteiger partial charge in [-0.25, -0.2) is 0 Å². The molecule has 0 fully saturated rings. The molecule has 0 saturated carbocycles. The Kier molecular flexibility index (Phi) is 60.7. The van der Waals surface area contributed by atoms with Crippen molar-refractivity contribution in [2.75, 3.05) is 47.5 Å². The van der Waals surface area contributed by atoms with Crippen molar-refractivity contribution >= 4 is 17.9 Å². The number of quaternary nitrogens is 1. The van der Waals surface area contributed by atoms with Crippen LogP contribution in [0.4, 0.5) is 0 Å². The fourth-order valence-electron chi connectivity index (χ4n) is 9.93. The van der Waals surface area contributed by atoms with Crippen molar-refractivity contribution in [3.05, 3.63) is 60.8 Å². The van der Waals surface area contributed by atoms with Crippen LogP contribution in [0.1, 0.15) is 322 Å². The molecule has 81 heavy (non-hydrogen) atoms. The molecular weight excluding hydrogens is 1010 g/mol. The van der Waals surface area contributed by atoms with Crippen LogP contribution in [-0.2, 0) is 33.3 Å². The number of hydrogen-bond donors (Lipinski definition) is 0. The molecule has 0 aromatic heterocycles. The van der Waals surface area contributed by atoms with Crippen LogP contribution in [0.15, 0.2) is 60.8 Å². The van der Waals surface area contributed by atoms with Crippen molar-refractivity contribution < 1.29 is 42.9 Å². The molecule has 0 N–H and O–H groups in total. The number of carboxylic acids is 1. The van der Waals surface area contributed by atoms with Crippen LogP contribution in [0.25, 0.3) is 0 Å². The van der Waals surface area contributed by atoms with Crippen LogP contribution < -0.4 is 5.11 Å². The van der Waals surface area contributed by atoms with Gasteiger partial charge in [0.1, 0.15) is 13.2 Å². The van der Waals surface area contributed by atoms with Crippen molar-refractivity contribution in [1.29, 1.82) is 0 Å². The maximum atomic E-state index is 12.9. The fraction of sp³-hybridized carbons (Fsp3) is 0.819. The SMILES string of the molecule is CCCCC/C=C\C/C=C\C/C=C\CCCCCCCCC(=O)OC(COC(=O)CCCCCCCCCCCCCCCCCCCCCCCCCCC/C=C\C/C=C\CCCCCCC)COC(OCC[N+](C)(C)C)C(=O)[O-]. The average molecular weight is 1140 g/mol. The number of unbranched alkanes of at least 4 members (excludes halogenated alkanes) is 39. The summed E-state index contributed by atoms with van der Waals surface area (Å²) < 4.78 is 22.8. The van der Waals surface area contributed by atoms with E-state index in [-0.39, 0.29) is 32.2 Å². The summed E-state index contributed by atoms with van der Waals surface area (Å²) in [6.45, 7) is 4.73. The topological polar surface area (TPSA) is 111 Å². The number of likely N-dealkylation sites (N-methyl/N-ethyl adjacent to an activating group) is 1. The van der Waals surface area contributed by atoms with Crippen LogP contribution in [-0.4, -0.2) is 82.3 Å². The van der Waals surface area contributed by atoms with Gasteiger partial charge >= 0.3 is 11.9 Å². The van der Waals surface area contributed by atoms with E-state index in [4.69, 9.17) is 18.9 Å². The zero-order valence-electron chi connectivity index (χ0n) is 53.9. The summed E-state index contributed by atoms with van der Waals surface area (Å²) in [7, 11) is 5.93. The third kappa shape index (κ3) is 64.4. The summed E-state index contributed by atoms with van der Waals surface area (Å²) in [6, 6.07) is 0. The highest BCUT2D eigenvalue weighted by molar-refractivity contribution is 5.70. The maximum absolute atomic E-state index is 12.9. The molecule has 0 amide bonds. The van der Waals surface area contributed by atoms with Crippen molar-refractivity contribution in [2.24, 2.45) is 0 Å². The number of esters is 2. The first-order valence-electron chi connectivity index (χ1n) is 34.4. The molecule has 0 aliphatic carbocycles. The Labute approximate surface area is 501 Å². The first-order valence-corrected chi connectivity index (χ1v) is 34.4. The Morgan fingerprint density at radius 1 is 0.370 bits per heavy atom. The fourth-order valence-corrected chi connectivity index (χ4v) is 9.93. The van der Waals surface area contributed by atoms with Gasteiger partial charge in [0, 0.05) is 12.8 Å². The van der Waals surface area contributed by atoms with Gasteiger partial charge in [-0.05, 0) is 83.5 Å². The van der Waals surface area contributed by atoms with E-state index in [1.54, 1.807) is 0 Å². The molecule has 0 heterocycles. The Morgan fingerprint density at radius 2 is 0.667 bits per heavy atom. The van der Waals surface area contributed by atoms with Crippen molar-refractivity contribution in [3.63, 3.8) is 0 Å². The van der Waals surface area contributed by atoms with Crippen LogP contribution in [0.2, 0.25) is 0 Å². The van der Waals surface area contributed by atoms with Crippen LogP contribution in [0, 0.1) is 0 Å². The van der Waals surface area contributed by atoms with Gasteiger partial charge in [0.05, 0.1) is 40.3 Å². The van der Waals surface area contributed by atoms with Crippen LogP contribution in [0.3, 0.4) is 0 Å². The largest absolute Gasteiger partial charge is 0.545 e. The first-order chi connectivity index (χ1) is 39.6. The number of allylic oxidation sites excluding steroid dienone is 10. The van der Waals surface area contributed by atoms with Crippen LogP contribution >= 0.6 is 0 Å². The van der Waals surface area contributed by atoms with Gasteiger partial charge in [0.2, 0.25) is 0 Å². The van der Waals surface area contributed by atoms with Crippen molar-refractivity contribution in [3.8, 4) is 0 Å². The van der Waals surface area contributed by atoms with Crippen LogP contribution in [0.5, 0.6) is 0 Å². The second-order valence-electron chi connectivity index (χ2n) is 24.5. The zero-order valence-corrected chi connectivity index (χ0v) is 53.9. The Balaban J connectivity index is 4.00. The minimum atomic E-state index is -1.63. The number of carbonyl (C=O) groups excluding carboxylic acids is 3. The lowest BCUT2D eigenvalue weighted by molar-refractivity contribution is -0.870. The summed E-state index contributed by atoms with van der Waals surface area (Å²) >= 11 is 0. The zero-order chi connectivity index (χ0) is 59.1. The average Bonchev–Trinajstić information content (AvgIpc) is 3.44. The number of nitrogens with zero attached hydrogens (tertiary/aromatic N) is 1. The molecule has 0 bridgehead atoms. The molecule has 9 nitrogen and oxygen atoms in total. The highest BCUT2D eigenvalue weighted by atomic mass is 16.7. The third-order valence-corrected chi connectivity index (χ3v) is 15.2. The Hall–Kier alpha value is -3.01. The van der Waals surface area contributed by atoms with E-state index in [1.807, 2.05) is 21.1 Å². The Morgan fingerprint density at radius 3 is 1.01 bits per heavy atom. The van der Waals surface area contributed by atoms with E-state index in [0.29, 0.717) is 23.9 Å². The van der Waals surface area contributed by atoms with E-state index in [0.717, 1.165) is 77.0 Å². The minimum absolute atomic E-state index is 0.145. The quantitative estimate of drug-likeness (QED) is 0.0195. The molecule has 0 aliphatic rings. The Bertz CT molecular complexity index is 1510. The van der Waals surface area contributed by atoms with Gasteiger partial charge in [0.15, 0.2) is 12.4 Å². The lowest BCUT2D eigenvalue weighted by Gasteiger charge is -2.26. The maximum Gasteiger partial charge on any atom is 0.306 e. The highest BCUT2D eigenvalue weighted by Crippen LogP contribution is 2.18. The summed E-state index contributed by atoms with van der Waals surface area (Å²) in [5.41, 5.74) is 0. The number of hydrogen-bond acceptors (Lipinski definition) is 8. The van der Waals surface area contributed by atoms with Gasteiger partial charge in [-0.2, -0.15) is 0 Å². The smallest absolute Gasteiger partial charge is 0.306 e. The number of rotatable bonds is 64. The lowest BCUT2D eigenvalue weighted by atomic mass is 10.0. The number of carbonyl (C=O) groups is 3. The predicted molar refractivity (Wildman–Crippen MR) is 343 cm³/mol. The van der Waals surface area contributed by atoms with Crippen molar-refractivity contribution in [1.82, 2.24) is 0 Å². The van der Waals surface area contributed by atoms with E-state index in [2.05, 4.69) is 74.6 Å². The molecule has 0 rings (SSSR count). The summed E-state index contributed by atoms with van der Waals surface area (Å²) in [4.78, 5) is 37.4. The van der Waals surface area contributed by atoms with Crippen molar-refractivity contribution in [2.45, 2.75) is 334 Å². The minimum Gasteiger partial charge on any atom is -0.545 e. The standard InChI is InChI=1S/C72H131NO8/c1-6-8-10-12-14-16-18-20-22-24-26-27-28-29-30-31-32-33-34-35-36-37-38-39-40-41-42-43-45-46-48-50-52-54-56-58-60-62-69(74)79-66-68(67-80-72(71(76)77)78-65-64-73(3,4)5)81-70(75)63-61-59-57-55-53-51-49-47-44-25-23-21-19-17-15-13-11-9-7-2/h15,17-18,20-21,23-24,26,44,47,68,72H,6-14,16,19,22,25,27-43,45-46,48-67H2,1-5H3/b17-15-,20-18-,23-21-,26-24-,47-44-. The second kappa shape index (κ2) is 63.0. The number of carboxylic acid groups (broad SMARTS) is 1. The van der Waals surface area contributed by atoms with E-state index >= 15 is 0 Å². The number of ether oxygens (including phenoxy) is 4. The molecule has 0 saturated heterocycles. The van der Waals surface area contributed by atoms with Gasteiger partial charge in [-0.3, -0.25) is 9.59 Å². The molecule has 472 valence electrons. The summed E-state index contributed by atoms with van der Waals surface area (Å²) in [6.07, 6.45) is 78.8.